The topological polar surface area (TPSA) is 60.0 Å². The maximum atomic E-state index is 13.3. The number of fused-ring (bicyclic) bond motifs is 1. The minimum atomic E-state index is -0.265. The second-order valence-electron chi connectivity index (χ2n) is 13.9. The molecule has 1 aliphatic heterocycles. The minimum Gasteiger partial charge on any atom is -0.497 e. The Morgan fingerprint density at radius 3 is 2.02 bits per heavy atom. The van der Waals surface area contributed by atoms with E-state index in [1.165, 1.54) is 39.9 Å². The van der Waals surface area contributed by atoms with Crippen LogP contribution in [-0.2, 0) is 23.1 Å². The Kier molecular flexibility index (Phi) is 12.8. The molecule has 0 saturated carbocycles. The molecule has 0 aliphatic carbocycles. The van der Waals surface area contributed by atoms with Crippen LogP contribution in [0.2, 0.25) is 0 Å². The quantitative estimate of drug-likeness (QED) is 0.0975. The fourth-order valence-electron chi connectivity index (χ4n) is 8.00. The van der Waals surface area contributed by atoms with Gasteiger partial charge in [0.05, 0.1) is 27.4 Å². The highest BCUT2D eigenvalue weighted by Crippen LogP contribution is 2.44. The van der Waals surface area contributed by atoms with Crippen LogP contribution in [0.15, 0.2) is 121 Å². The molecule has 7 heteroatoms. The molecule has 0 spiro atoms. The summed E-state index contributed by atoms with van der Waals surface area (Å²) >= 11 is 0. The van der Waals surface area contributed by atoms with E-state index in [1.807, 2.05) is 12.1 Å². The molecule has 5 aromatic rings. The zero-order valence-electron chi connectivity index (χ0n) is 31.2. The maximum absolute atomic E-state index is 13.3. The number of hydrogen-bond acceptors (Lipinski definition) is 5. The average Bonchev–Trinajstić information content (AvgIpc) is 3.21. The third-order valence-corrected chi connectivity index (χ3v) is 10.8. The van der Waals surface area contributed by atoms with Crippen molar-refractivity contribution in [2.45, 2.75) is 56.4 Å². The predicted molar refractivity (Wildman–Crippen MR) is 210 cm³/mol. The van der Waals surface area contributed by atoms with Gasteiger partial charge < -0.3 is 19.5 Å². The number of benzene rings is 5. The Balaban J connectivity index is 1.22. The molecule has 1 unspecified atom stereocenters. The van der Waals surface area contributed by atoms with Gasteiger partial charge in [-0.1, -0.05) is 84.9 Å². The third kappa shape index (κ3) is 9.09. The molecular formula is C46H51FN2O4. The molecule has 0 saturated heterocycles. The number of aryl methyl sites for hydroxylation is 1. The lowest BCUT2D eigenvalue weighted by Crippen LogP contribution is -2.38. The van der Waals surface area contributed by atoms with E-state index in [9.17, 15) is 9.18 Å². The zero-order chi connectivity index (χ0) is 37.0. The smallest absolute Gasteiger partial charge is 0.220 e. The third-order valence-electron chi connectivity index (χ3n) is 10.8. The summed E-state index contributed by atoms with van der Waals surface area (Å²) in [4.78, 5) is 15.4. The second-order valence-corrected chi connectivity index (χ2v) is 13.9. The highest BCUT2D eigenvalue weighted by atomic mass is 19.1. The first-order chi connectivity index (χ1) is 25.9. The number of nitrogens with one attached hydrogen (secondary N) is 1. The summed E-state index contributed by atoms with van der Waals surface area (Å²) in [6, 6.07) is 40.9. The van der Waals surface area contributed by atoms with Crippen molar-refractivity contribution in [3.8, 4) is 17.2 Å². The number of halogens is 1. The largest absolute Gasteiger partial charge is 0.497 e. The molecule has 6 rings (SSSR count). The molecule has 1 atom stereocenters. The molecule has 6 nitrogen and oxygen atoms in total. The number of carbonyl (C=O) groups excluding carboxylic acids is 1. The van der Waals surface area contributed by atoms with Gasteiger partial charge in [-0.05, 0) is 115 Å². The van der Waals surface area contributed by atoms with E-state index < -0.39 is 0 Å². The molecule has 1 heterocycles. The summed E-state index contributed by atoms with van der Waals surface area (Å²) in [5, 5.41) is 3.16. The van der Waals surface area contributed by atoms with E-state index in [0.717, 1.165) is 68.0 Å². The molecular weight excluding hydrogens is 664 g/mol. The number of nitrogens with zero attached hydrogens (tertiary/aromatic N) is 1. The molecule has 1 N–H and O–H groups in total. The van der Waals surface area contributed by atoms with Crippen molar-refractivity contribution in [1.82, 2.24) is 10.2 Å². The van der Waals surface area contributed by atoms with Crippen molar-refractivity contribution in [3.63, 3.8) is 0 Å². The van der Waals surface area contributed by atoms with Gasteiger partial charge in [-0.25, -0.2) is 4.39 Å². The minimum absolute atomic E-state index is 0.0172. The predicted octanol–water partition coefficient (Wildman–Crippen LogP) is 9.09. The van der Waals surface area contributed by atoms with E-state index in [2.05, 4.69) is 95.1 Å². The van der Waals surface area contributed by atoms with Crippen LogP contribution in [-0.4, -0.2) is 51.8 Å². The van der Waals surface area contributed by atoms with Crippen LogP contribution in [0, 0.1) is 5.82 Å². The fraction of sp³-hybridized carbons (Fsp3) is 0.326. The number of methoxy groups -OCH3 is 3. The Morgan fingerprint density at radius 2 is 1.40 bits per heavy atom. The van der Waals surface area contributed by atoms with Crippen molar-refractivity contribution in [3.05, 3.63) is 161 Å². The van der Waals surface area contributed by atoms with Gasteiger partial charge in [-0.3, -0.25) is 9.69 Å². The Bertz CT molecular complexity index is 1860. The van der Waals surface area contributed by atoms with Crippen molar-refractivity contribution in [1.29, 1.82) is 0 Å². The summed E-state index contributed by atoms with van der Waals surface area (Å²) in [5.74, 6) is 2.08. The summed E-state index contributed by atoms with van der Waals surface area (Å²) in [6.07, 6.45) is 5.53. The molecule has 53 heavy (non-hydrogen) atoms. The summed E-state index contributed by atoms with van der Waals surface area (Å²) in [5.41, 5.74) is 7.04. The Labute approximate surface area is 313 Å². The van der Waals surface area contributed by atoms with Crippen LogP contribution < -0.4 is 19.5 Å². The first-order valence-corrected chi connectivity index (χ1v) is 18.7. The van der Waals surface area contributed by atoms with Gasteiger partial charge in [-0.2, -0.15) is 0 Å². The van der Waals surface area contributed by atoms with Gasteiger partial charge in [0.2, 0.25) is 5.91 Å². The van der Waals surface area contributed by atoms with E-state index >= 15 is 0 Å². The number of amides is 1. The lowest BCUT2D eigenvalue weighted by Gasteiger charge is -2.40. The molecule has 1 aliphatic rings. The monoisotopic (exact) mass is 714 g/mol. The first-order valence-electron chi connectivity index (χ1n) is 18.7. The van der Waals surface area contributed by atoms with Gasteiger partial charge in [0, 0.05) is 24.9 Å². The molecule has 0 bridgehead atoms. The standard InChI is InChI=1S/C46H51FN2O4/c1-51-40-23-19-35(20-24-40)45-41-33-43(53-3)42(52-2)32-36(41)26-31-49(45)30-11-28-46(37-12-6-4-7-13-37,38-14-8-5-9-15-38)27-10-29-48-44(50)25-18-34-16-21-39(47)22-17-34/h4-9,12-17,19-24,32-33,45H,10-11,18,25-31H2,1-3H3,(H,48,50). The van der Waals surface area contributed by atoms with E-state index in [-0.39, 0.29) is 23.2 Å². The lowest BCUT2D eigenvalue weighted by molar-refractivity contribution is -0.121. The first kappa shape index (κ1) is 37.6. The molecule has 0 aromatic heterocycles. The highest BCUT2D eigenvalue weighted by molar-refractivity contribution is 5.76. The van der Waals surface area contributed by atoms with Crippen LogP contribution in [0.4, 0.5) is 4.39 Å². The molecule has 0 fully saturated rings. The van der Waals surface area contributed by atoms with E-state index in [1.54, 1.807) is 33.5 Å². The lowest BCUT2D eigenvalue weighted by atomic mass is 9.68. The maximum Gasteiger partial charge on any atom is 0.220 e. The van der Waals surface area contributed by atoms with Gasteiger partial charge in [0.15, 0.2) is 11.5 Å². The molecule has 1 amide bonds. The van der Waals surface area contributed by atoms with Gasteiger partial charge in [0.1, 0.15) is 11.6 Å². The van der Waals surface area contributed by atoms with Crippen LogP contribution in [0.25, 0.3) is 0 Å². The SMILES string of the molecule is COc1ccc(C2c3cc(OC)c(OC)cc3CCN2CCCC(CCCNC(=O)CCc2ccc(F)cc2)(c2ccccc2)c2ccccc2)cc1. The van der Waals surface area contributed by atoms with Crippen molar-refractivity contribution in [2.75, 3.05) is 41.0 Å². The number of hydrogen-bond donors (Lipinski definition) is 1. The van der Waals surface area contributed by atoms with E-state index in [0.29, 0.717) is 19.4 Å². The molecule has 5 aromatic carbocycles. The van der Waals surface area contributed by atoms with Crippen molar-refractivity contribution in [2.24, 2.45) is 0 Å². The second kappa shape index (κ2) is 18.1. The van der Waals surface area contributed by atoms with E-state index in [4.69, 9.17) is 14.2 Å². The molecule has 276 valence electrons. The summed E-state index contributed by atoms with van der Waals surface area (Å²) in [7, 11) is 5.08. The average molecular weight is 715 g/mol. The normalized spacial score (nSPS) is 14.3. The van der Waals surface area contributed by atoms with Crippen LogP contribution in [0.5, 0.6) is 17.2 Å². The van der Waals surface area contributed by atoms with Crippen molar-refractivity contribution >= 4 is 5.91 Å². The van der Waals surface area contributed by atoms with Gasteiger partial charge in [-0.15, -0.1) is 0 Å². The van der Waals surface area contributed by atoms with Crippen LogP contribution in [0.1, 0.15) is 71.5 Å². The van der Waals surface area contributed by atoms with Crippen LogP contribution in [0.3, 0.4) is 0 Å². The van der Waals surface area contributed by atoms with Crippen molar-refractivity contribution < 1.29 is 23.4 Å². The number of rotatable bonds is 17. The fourth-order valence-corrected chi connectivity index (χ4v) is 8.00. The Hall–Kier alpha value is -5.14. The molecule has 0 radical (unpaired) electrons. The summed E-state index contributed by atoms with van der Waals surface area (Å²) in [6.45, 7) is 2.43. The zero-order valence-corrected chi connectivity index (χ0v) is 31.2. The Morgan fingerprint density at radius 1 is 0.774 bits per heavy atom. The van der Waals surface area contributed by atoms with Gasteiger partial charge in [0.25, 0.3) is 0 Å². The number of carbonyl (C=O) groups is 1. The highest BCUT2D eigenvalue weighted by Gasteiger charge is 2.35. The van der Waals surface area contributed by atoms with Gasteiger partial charge >= 0.3 is 0 Å². The van der Waals surface area contributed by atoms with Crippen LogP contribution >= 0.6 is 0 Å². The number of ether oxygens (including phenoxy) is 3. The summed E-state index contributed by atoms with van der Waals surface area (Å²) < 4.78 is 30.3.